The molecule has 0 saturated heterocycles. The number of ether oxygens (including phenoxy) is 1. The van der Waals surface area contributed by atoms with Gasteiger partial charge in [-0.15, -0.1) is 0 Å². The summed E-state index contributed by atoms with van der Waals surface area (Å²) in [6.07, 6.45) is 4.02. The van der Waals surface area contributed by atoms with E-state index in [0.717, 1.165) is 12.1 Å². The third-order valence-corrected chi connectivity index (χ3v) is 6.13. The molecule has 1 aliphatic heterocycles. The van der Waals surface area contributed by atoms with Crippen LogP contribution in [0.5, 0.6) is 5.75 Å². The predicted molar refractivity (Wildman–Crippen MR) is 131 cm³/mol. The van der Waals surface area contributed by atoms with E-state index >= 15 is 0 Å². The number of amides is 1. The molecule has 184 valence electrons. The summed E-state index contributed by atoms with van der Waals surface area (Å²) in [4.78, 5) is 42.7. The highest BCUT2D eigenvalue weighted by Gasteiger charge is 2.27. The number of carbonyl (C=O) groups excluding carboxylic acids is 1. The number of nitrogens with zero attached hydrogens (tertiary/aromatic N) is 4. The number of aromatic amines is 1. The van der Waals surface area contributed by atoms with Crippen LogP contribution >= 0.6 is 11.6 Å². The lowest BCUT2D eigenvalue weighted by Crippen LogP contribution is -2.28. The normalized spacial score (nSPS) is 12.8. The second kappa shape index (κ2) is 10.4. The first-order valence-electron chi connectivity index (χ1n) is 11.4. The molecular weight excluding hydrogens is 487 g/mol. The van der Waals surface area contributed by atoms with Gasteiger partial charge in [0.05, 0.1) is 33.9 Å². The maximum atomic E-state index is 13.4. The van der Waals surface area contributed by atoms with E-state index in [1.165, 1.54) is 18.2 Å². The van der Waals surface area contributed by atoms with Gasteiger partial charge in [0.2, 0.25) is 0 Å². The first kappa shape index (κ1) is 23.8. The SMILES string of the molecule is O=C1c2cccnc2CN1CCCNCc1nccc2c(=O)[nH]c(COc3ccc(F)c(Cl)c3)nc12. The Morgan fingerprint density at radius 3 is 2.89 bits per heavy atom. The van der Waals surface area contributed by atoms with Gasteiger partial charge in [-0.25, -0.2) is 9.37 Å². The minimum Gasteiger partial charge on any atom is -0.486 e. The first-order chi connectivity index (χ1) is 17.5. The average Bonchev–Trinajstić information content (AvgIpc) is 3.20. The quantitative estimate of drug-likeness (QED) is 0.334. The minimum absolute atomic E-state index is 0.00917. The van der Waals surface area contributed by atoms with Crippen LogP contribution in [0, 0.1) is 5.82 Å². The number of hydrogen-bond donors (Lipinski definition) is 2. The zero-order valence-corrected chi connectivity index (χ0v) is 19.9. The number of carbonyl (C=O) groups is 1. The van der Waals surface area contributed by atoms with Crippen LogP contribution in [0.1, 0.15) is 34.0 Å². The highest BCUT2D eigenvalue weighted by Crippen LogP contribution is 2.22. The number of hydrogen-bond acceptors (Lipinski definition) is 7. The molecule has 0 unspecified atom stereocenters. The molecule has 9 nitrogen and oxygen atoms in total. The van der Waals surface area contributed by atoms with Gasteiger partial charge in [-0.2, -0.15) is 0 Å². The van der Waals surface area contributed by atoms with Crippen LogP contribution in [0.2, 0.25) is 5.02 Å². The Morgan fingerprint density at radius 2 is 2.06 bits per heavy atom. The van der Waals surface area contributed by atoms with Crippen molar-refractivity contribution in [2.24, 2.45) is 0 Å². The second-order valence-electron chi connectivity index (χ2n) is 8.29. The maximum absolute atomic E-state index is 13.4. The summed E-state index contributed by atoms with van der Waals surface area (Å²) in [5.74, 6) is 0.129. The fourth-order valence-corrected chi connectivity index (χ4v) is 4.22. The lowest BCUT2D eigenvalue weighted by atomic mass is 10.2. The van der Waals surface area contributed by atoms with Gasteiger partial charge < -0.3 is 19.9 Å². The lowest BCUT2D eigenvalue weighted by molar-refractivity contribution is 0.0776. The smallest absolute Gasteiger partial charge is 0.258 e. The fourth-order valence-electron chi connectivity index (χ4n) is 4.05. The largest absolute Gasteiger partial charge is 0.486 e. The van der Waals surface area contributed by atoms with Crippen molar-refractivity contribution in [3.05, 3.63) is 92.8 Å². The number of fused-ring (bicyclic) bond motifs is 2. The third-order valence-electron chi connectivity index (χ3n) is 5.84. The highest BCUT2D eigenvalue weighted by molar-refractivity contribution is 6.30. The van der Waals surface area contributed by atoms with E-state index in [1.807, 2.05) is 0 Å². The molecule has 5 rings (SSSR count). The standard InChI is InChI=1S/C25H22ClFN6O3/c26-18-11-15(4-5-19(18)27)36-14-22-31-23-17(24(34)32-22)6-9-30-20(23)12-28-7-2-10-33-13-21-16(25(33)35)3-1-8-29-21/h1,3-6,8-9,11,28H,2,7,10,12-14H2,(H,31,32,34). The predicted octanol–water partition coefficient (Wildman–Crippen LogP) is 3.22. The first-order valence-corrected chi connectivity index (χ1v) is 11.8. The van der Waals surface area contributed by atoms with E-state index in [4.69, 9.17) is 16.3 Å². The highest BCUT2D eigenvalue weighted by atomic mass is 35.5. The van der Waals surface area contributed by atoms with Crippen molar-refractivity contribution in [3.8, 4) is 5.75 Å². The molecule has 1 aliphatic rings. The Morgan fingerprint density at radius 1 is 1.17 bits per heavy atom. The molecular formula is C25H22ClFN6O3. The van der Waals surface area contributed by atoms with E-state index in [0.29, 0.717) is 59.9 Å². The molecule has 4 heterocycles. The Labute approximate surface area is 210 Å². The van der Waals surface area contributed by atoms with Gasteiger partial charge in [0, 0.05) is 31.5 Å². The van der Waals surface area contributed by atoms with Gasteiger partial charge in [-0.3, -0.25) is 19.6 Å². The van der Waals surface area contributed by atoms with Crippen LogP contribution in [-0.2, 0) is 19.7 Å². The zero-order valence-electron chi connectivity index (χ0n) is 19.1. The van der Waals surface area contributed by atoms with E-state index in [-0.39, 0.29) is 23.1 Å². The summed E-state index contributed by atoms with van der Waals surface area (Å²) in [5, 5.41) is 3.68. The molecule has 1 aromatic carbocycles. The van der Waals surface area contributed by atoms with Crippen molar-refractivity contribution in [2.75, 3.05) is 13.1 Å². The molecule has 11 heteroatoms. The van der Waals surface area contributed by atoms with Crippen molar-refractivity contribution in [3.63, 3.8) is 0 Å². The molecule has 36 heavy (non-hydrogen) atoms. The van der Waals surface area contributed by atoms with Gasteiger partial charge in [0.25, 0.3) is 11.5 Å². The number of pyridine rings is 2. The van der Waals surface area contributed by atoms with Crippen LogP contribution in [0.3, 0.4) is 0 Å². The van der Waals surface area contributed by atoms with E-state index < -0.39 is 5.82 Å². The van der Waals surface area contributed by atoms with E-state index in [9.17, 15) is 14.0 Å². The topological polar surface area (TPSA) is 113 Å². The van der Waals surface area contributed by atoms with Crippen LogP contribution in [0.15, 0.2) is 53.6 Å². The molecule has 0 radical (unpaired) electrons. The molecule has 0 bridgehead atoms. The number of H-pyrrole nitrogens is 1. The monoisotopic (exact) mass is 508 g/mol. The number of benzene rings is 1. The number of halogens is 2. The molecule has 2 N–H and O–H groups in total. The van der Waals surface area contributed by atoms with Gasteiger partial charge in [-0.1, -0.05) is 11.6 Å². The van der Waals surface area contributed by atoms with Gasteiger partial charge in [0.15, 0.2) is 0 Å². The number of rotatable bonds is 9. The Kier molecular flexibility index (Phi) is 6.88. The molecule has 1 amide bonds. The van der Waals surface area contributed by atoms with Gasteiger partial charge >= 0.3 is 0 Å². The summed E-state index contributed by atoms with van der Waals surface area (Å²) >= 11 is 5.79. The van der Waals surface area contributed by atoms with Crippen LogP contribution in [0.25, 0.3) is 10.9 Å². The van der Waals surface area contributed by atoms with E-state index in [2.05, 4.69) is 25.3 Å². The fraction of sp³-hybridized carbons (Fsp3) is 0.240. The summed E-state index contributed by atoms with van der Waals surface area (Å²) < 4.78 is 19.0. The number of nitrogens with one attached hydrogen (secondary N) is 2. The summed E-state index contributed by atoms with van der Waals surface area (Å²) in [6.45, 7) is 2.16. The molecule has 4 aromatic rings. The van der Waals surface area contributed by atoms with Crippen LogP contribution < -0.4 is 15.6 Å². The van der Waals surface area contributed by atoms with Gasteiger partial charge in [-0.05, 0) is 43.3 Å². The van der Waals surface area contributed by atoms with Crippen molar-refractivity contribution >= 4 is 28.4 Å². The Bertz CT molecular complexity index is 1490. The average molecular weight is 509 g/mol. The Balaban J connectivity index is 1.19. The summed E-state index contributed by atoms with van der Waals surface area (Å²) in [7, 11) is 0. The van der Waals surface area contributed by atoms with Crippen LogP contribution in [-0.4, -0.2) is 43.8 Å². The zero-order chi connectivity index (χ0) is 25.1. The van der Waals surface area contributed by atoms with Crippen molar-refractivity contribution < 1.29 is 13.9 Å². The molecule has 3 aromatic heterocycles. The van der Waals surface area contributed by atoms with E-state index in [1.54, 1.807) is 35.5 Å². The lowest BCUT2D eigenvalue weighted by Gasteiger charge is -2.15. The minimum atomic E-state index is -0.543. The summed E-state index contributed by atoms with van der Waals surface area (Å²) in [6, 6.07) is 9.20. The molecule has 0 saturated carbocycles. The van der Waals surface area contributed by atoms with Crippen molar-refractivity contribution in [1.82, 2.24) is 30.2 Å². The molecule has 0 aliphatic carbocycles. The molecule has 0 spiro atoms. The summed E-state index contributed by atoms with van der Waals surface area (Å²) in [5.41, 5.74) is 2.28. The van der Waals surface area contributed by atoms with Crippen molar-refractivity contribution in [1.29, 1.82) is 0 Å². The van der Waals surface area contributed by atoms with Gasteiger partial charge in [0.1, 0.15) is 29.5 Å². The third kappa shape index (κ3) is 5.05. The van der Waals surface area contributed by atoms with Crippen molar-refractivity contribution in [2.45, 2.75) is 26.1 Å². The maximum Gasteiger partial charge on any atom is 0.258 e. The molecule has 0 atom stereocenters. The molecule has 0 fully saturated rings. The van der Waals surface area contributed by atoms with Crippen LogP contribution in [0.4, 0.5) is 4.39 Å². The Hall–Kier alpha value is -3.89. The number of aromatic nitrogens is 4. The second-order valence-corrected chi connectivity index (χ2v) is 8.69.